The summed E-state index contributed by atoms with van der Waals surface area (Å²) in [7, 11) is 0. The van der Waals surface area contributed by atoms with Gasteiger partial charge in [-0.3, -0.25) is 0 Å². The summed E-state index contributed by atoms with van der Waals surface area (Å²) in [6.45, 7) is 11.3. The Bertz CT molecular complexity index is 233. The first kappa shape index (κ1) is 12.4. The predicted octanol–water partition coefficient (Wildman–Crippen LogP) is 3.61. The van der Waals surface area contributed by atoms with Crippen LogP contribution in [0.3, 0.4) is 0 Å². The summed E-state index contributed by atoms with van der Waals surface area (Å²) in [5, 5.41) is 0. The molecule has 2 heteroatoms. The van der Waals surface area contributed by atoms with Crippen LogP contribution >= 0.6 is 12.4 Å². The van der Waals surface area contributed by atoms with Gasteiger partial charge in [0.05, 0.1) is 0 Å². The fourth-order valence-electron chi connectivity index (χ4n) is 1.53. The van der Waals surface area contributed by atoms with E-state index in [0.717, 1.165) is 0 Å². The van der Waals surface area contributed by atoms with Crippen LogP contribution in [0.25, 0.3) is 0 Å². The molecule has 0 fully saturated rings. The average Bonchev–Trinajstić information content (AvgIpc) is 2.06. The van der Waals surface area contributed by atoms with Gasteiger partial charge >= 0.3 is 79.7 Å². The SMILES string of the molecule is CC1=C(C)C(C)(C)[C]([Ir])=C1C.Cl. The third-order valence-electron chi connectivity index (χ3n) is 2.90. The Balaban J connectivity index is 0.00000121. The molecule has 0 N–H and O–H groups in total. The molecule has 0 aromatic heterocycles. The molecule has 1 rings (SSSR count). The zero-order valence-electron chi connectivity index (χ0n) is 8.24. The minimum atomic E-state index is 0. The summed E-state index contributed by atoms with van der Waals surface area (Å²) in [6, 6.07) is 0. The first-order valence-corrected chi connectivity index (χ1v) is 5.11. The van der Waals surface area contributed by atoms with Crippen molar-refractivity contribution in [3.8, 4) is 0 Å². The van der Waals surface area contributed by atoms with Crippen LogP contribution in [-0.4, -0.2) is 0 Å². The van der Waals surface area contributed by atoms with Gasteiger partial charge in [0, 0.05) is 0 Å². The first-order chi connectivity index (χ1) is 4.89. The van der Waals surface area contributed by atoms with Gasteiger partial charge in [0.15, 0.2) is 0 Å². The molecule has 0 radical (unpaired) electrons. The number of rotatable bonds is 0. The molecule has 0 bridgehead atoms. The molecule has 0 aliphatic heterocycles. The Morgan fingerprint density at radius 1 is 1.00 bits per heavy atom. The van der Waals surface area contributed by atoms with Crippen molar-refractivity contribution in [1.82, 2.24) is 0 Å². The van der Waals surface area contributed by atoms with Crippen LogP contribution < -0.4 is 0 Å². The third kappa shape index (κ3) is 1.55. The van der Waals surface area contributed by atoms with Crippen LogP contribution in [0.15, 0.2) is 20.8 Å². The van der Waals surface area contributed by atoms with Crippen molar-refractivity contribution in [3.63, 3.8) is 0 Å². The van der Waals surface area contributed by atoms with Crippen molar-refractivity contribution in [1.29, 1.82) is 0 Å². The largest absolute Gasteiger partial charge is 0.147 e. The Kier molecular flexibility index (Phi) is 3.78. The quantitative estimate of drug-likeness (QED) is 0.617. The third-order valence-corrected chi connectivity index (χ3v) is 5.29. The van der Waals surface area contributed by atoms with Crippen molar-refractivity contribution in [2.24, 2.45) is 5.41 Å². The van der Waals surface area contributed by atoms with Crippen molar-refractivity contribution in [3.05, 3.63) is 20.8 Å². The van der Waals surface area contributed by atoms with E-state index in [2.05, 4.69) is 53.5 Å². The molecule has 0 atom stereocenters. The van der Waals surface area contributed by atoms with Gasteiger partial charge in [-0.05, 0) is 0 Å². The second-order valence-corrected chi connectivity index (χ2v) is 4.99. The second-order valence-electron chi connectivity index (χ2n) is 3.79. The van der Waals surface area contributed by atoms with Gasteiger partial charge in [0.25, 0.3) is 0 Å². The predicted molar refractivity (Wildman–Crippen MR) is 52.1 cm³/mol. The molecule has 0 amide bonds. The Hall–Kier alpha value is 0.419. The molecule has 1 aliphatic rings. The molecule has 0 saturated carbocycles. The molecular formula is C10H16ClIr. The van der Waals surface area contributed by atoms with Crippen molar-refractivity contribution < 1.29 is 18.9 Å². The van der Waals surface area contributed by atoms with Crippen LogP contribution in [0.2, 0.25) is 0 Å². The summed E-state index contributed by atoms with van der Waals surface area (Å²) in [5.74, 6) is 0. The van der Waals surface area contributed by atoms with E-state index in [1.807, 2.05) is 0 Å². The summed E-state index contributed by atoms with van der Waals surface area (Å²) >= 11 is 2.25. The molecular weight excluding hydrogens is 348 g/mol. The summed E-state index contributed by atoms with van der Waals surface area (Å²) in [6.07, 6.45) is 0. The Morgan fingerprint density at radius 3 is 1.50 bits per heavy atom. The molecule has 0 nitrogen and oxygen atoms in total. The number of hydrogen-bond acceptors (Lipinski definition) is 0. The zero-order valence-corrected chi connectivity index (χ0v) is 11.5. The topological polar surface area (TPSA) is 0 Å². The second kappa shape index (κ2) is 3.65. The van der Waals surface area contributed by atoms with Crippen LogP contribution in [-0.2, 0) is 18.9 Å². The molecule has 0 unspecified atom stereocenters. The normalized spacial score (nSPS) is 21.6. The van der Waals surface area contributed by atoms with Gasteiger partial charge in [-0.25, -0.2) is 0 Å². The fourth-order valence-corrected chi connectivity index (χ4v) is 2.43. The van der Waals surface area contributed by atoms with Crippen LogP contribution in [0, 0.1) is 5.41 Å². The molecule has 0 aromatic rings. The minimum Gasteiger partial charge on any atom is -0.147 e. The molecule has 0 spiro atoms. The van der Waals surface area contributed by atoms with Crippen molar-refractivity contribution >= 4 is 12.4 Å². The van der Waals surface area contributed by atoms with Crippen LogP contribution in [0.1, 0.15) is 34.6 Å². The van der Waals surface area contributed by atoms with E-state index < -0.39 is 0 Å². The van der Waals surface area contributed by atoms with Crippen molar-refractivity contribution in [2.45, 2.75) is 34.6 Å². The monoisotopic (exact) mass is 364 g/mol. The maximum Gasteiger partial charge on any atom is -0.147 e. The van der Waals surface area contributed by atoms with Gasteiger partial charge in [0.2, 0.25) is 0 Å². The van der Waals surface area contributed by atoms with Gasteiger partial charge < -0.3 is 0 Å². The Morgan fingerprint density at radius 2 is 1.42 bits per heavy atom. The van der Waals surface area contributed by atoms with Crippen LogP contribution in [0.4, 0.5) is 0 Å². The number of hydrogen-bond donors (Lipinski definition) is 0. The van der Waals surface area contributed by atoms with E-state index in [9.17, 15) is 0 Å². The zero-order chi connectivity index (χ0) is 8.81. The molecule has 0 aromatic carbocycles. The van der Waals surface area contributed by atoms with Gasteiger partial charge in [-0.2, -0.15) is 0 Å². The van der Waals surface area contributed by atoms with E-state index in [0.29, 0.717) is 5.41 Å². The van der Waals surface area contributed by atoms with Gasteiger partial charge in [-0.15, -0.1) is 12.4 Å². The maximum absolute atomic E-state index is 2.30. The van der Waals surface area contributed by atoms with Crippen molar-refractivity contribution in [2.75, 3.05) is 0 Å². The van der Waals surface area contributed by atoms with Gasteiger partial charge in [-0.1, -0.05) is 0 Å². The van der Waals surface area contributed by atoms with E-state index in [1.165, 1.54) is 20.8 Å². The number of allylic oxidation sites excluding steroid dienone is 4. The minimum absolute atomic E-state index is 0. The molecule has 72 valence electrons. The molecule has 0 heterocycles. The Labute approximate surface area is 92.1 Å². The molecule has 12 heavy (non-hydrogen) atoms. The first-order valence-electron chi connectivity index (χ1n) is 3.92. The number of halogens is 1. The van der Waals surface area contributed by atoms with E-state index in [-0.39, 0.29) is 12.4 Å². The van der Waals surface area contributed by atoms with E-state index >= 15 is 0 Å². The fraction of sp³-hybridized carbons (Fsp3) is 0.600. The molecule has 1 aliphatic carbocycles. The van der Waals surface area contributed by atoms with E-state index in [1.54, 1.807) is 0 Å². The maximum atomic E-state index is 2.30. The molecule has 0 saturated heterocycles. The summed E-state index contributed by atoms with van der Waals surface area (Å²) in [5.41, 5.74) is 4.83. The standard InChI is InChI=1S/C10H15.ClH.Ir/c1-7-6-10(4,5)9(3)8(7)2;;/h1-5H3;1H;. The summed E-state index contributed by atoms with van der Waals surface area (Å²) < 4.78 is 1.53. The van der Waals surface area contributed by atoms with Gasteiger partial charge in [0.1, 0.15) is 0 Å². The summed E-state index contributed by atoms with van der Waals surface area (Å²) in [4.78, 5) is 0. The smallest absolute Gasteiger partial charge is 0.147 e. The van der Waals surface area contributed by atoms with E-state index in [4.69, 9.17) is 0 Å². The van der Waals surface area contributed by atoms with Crippen LogP contribution in [0.5, 0.6) is 0 Å². The average molecular weight is 364 g/mol.